The monoisotopic (exact) mass is 447 g/mol. The molecular weight excluding hydrogens is 410 g/mol. The number of hydrogen-bond donors (Lipinski definition) is 1. The minimum Gasteiger partial charge on any atom is -0.353 e. The molecular formula is C28H37N3O2. The smallest absolute Gasteiger partial charge is 0.228 e. The number of likely N-dealkylation sites (tertiary alicyclic amines) is 1. The van der Waals surface area contributed by atoms with Crippen LogP contribution in [0.3, 0.4) is 0 Å². The average molecular weight is 448 g/mol. The molecule has 1 saturated carbocycles. The van der Waals surface area contributed by atoms with Gasteiger partial charge in [-0.3, -0.25) is 14.6 Å². The van der Waals surface area contributed by atoms with Crippen molar-refractivity contribution in [2.24, 2.45) is 11.3 Å². The number of carbonyl (C=O) groups excluding carboxylic acids is 2. The Balaban J connectivity index is 1.61. The van der Waals surface area contributed by atoms with E-state index in [2.05, 4.69) is 28.5 Å². The van der Waals surface area contributed by atoms with Crippen LogP contribution in [0, 0.1) is 11.3 Å². The molecule has 1 N–H and O–H groups in total. The molecule has 2 heterocycles. The van der Waals surface area contributed by atoms with Crippen molar-refractivity contribution in [2.75, 3.05) is 13.1 Å². The predicted octanol–water partition coefficient (Wildman–Crippen LogP) is 5.00. The zero-order chi connectivity index (χ0) is 23.3. The van der Waals surface area contributed by atoms with Gasteiger partial charge in [0.2, 0.25) is 11.8 Å². The Morgan fingerprint density at radius 1 is 1.12 bits per heavy atom. The molecule has 4 rings (SSSR count). The molecule has 0 radical (unpaired) electrons. The van der Waals surface area contributed by atoms with Gasteiger partial charge in [0.1, 0.15) is 0 Å². The lowest BCUT2D eigenvalue weighted by Gasteiger charge is -2.43. The summed E-state index contributed by atoms with van der Waals surface area (Å²) >= 11 is 0. The lowest BCUT2D eigenvalue weighted by molar-refractivity contribution is -0.142. The Kier molecular flexibility index (Phi) is 7.46. The first-order valence-electron chi connectivity index (χ1n) is 12.5. The largest absolute Gasteiger partial charge is 0.353 e. The van der Waals surface area contributed by atoms with Crippen molar-refractivity contribution in [2.45, 2.75) is 71.3 Å². The van der Waals surface area contributed by atoms with Crippen LogP contribution in [0.4, 0.5) is 0 Å². The summed E-state index contributed by atoms with van der Waals surface area (Å²) < 4.78 is 0. The summed E-state index contributed by atoms with van der Waals surface area (Å²) in [6.45, 7) is 5.26. The average Bonchev–Trinajstić information content (AvgIpc) is 3.33. The van der Waals surface area contributed by atoms with Crippen LogP contribution in [0.5, 0.6) is 0 Å². The third kappa shape index (κ3) is 5.63. The van der Waals surface area contributed by atoms with Gasteiger partial charge in [0.15, 0.2) is 0 Å². The van der Waals surface area contributed by atoms with E-state index in [0.717, 1.165) is 48.9 Å². The molecule has 2 fully saturated rings. The quantitative estimate of drug-likeness (QED) is 0.649. The molecule has 33 heavy (non-hydrogen) atoms. The standard InChI is InChI=1S/C28H37N3O2/c1-21(2)30-27(33)28(14-8-16-31(20-28)26(32)17-22-9-3-4-10-22)18-23-11-5-6-13-25(23)24-12-7-15-29-19-24/h5-7,11-13,15,19,21-22H,3-4,8-10,14,16-18,20H2,1-2H3,(H,30,33)/t28-/m0/s1. The van der Waals surface area contributed by atoms with Crippen molar-refractivity contribution in [3.63, 3.8) is 0 Å². The molecule has 2 amide bonds. The number of rotatable bonds is 7. The maximum Gasteiger partial charge on any atom is 0.228 e. The summed E-state index contributed by atoms with van der Waals surface area (Å²) in [5, 5.41) is 3.18. The predicted molar refractivity (Wildman–Crippen MR) is 131 cm³/mol. The highest BCUT2D eigenvalue weighted by Gasteiger charge is 2.44. The number of nitrogens with one attached hydrogen (secondary N) is 1. The summed E-state index contributed by atoms with van der Waals surface area (Å²) in [6, 6.07) is 12.4. The van der Waals surface area contributed by atoms with Crippen LogP contribution in [0.2, 0.25) is 0 Å². The molecule has 0 bridgehead atoms. The van der Waals surface area contributed by atoms with Crippen LogP contribution < -0.4 is 5.32 Å². The molecule has 1 aliphatic heterocycles. The van der Waals surface area contributed by atoms with Crippen molar-refractivity contribution in [3.8, 4) is 11.1 Å². The fraction of sp³-hybridized carbons (Fsp3) is 0.536. The Hall–Kier alpha value is -2.69. The molecule has 2 aliphatic rings. The number of piperidine rings is 1. The van der Waals surface area contributed by atoms with E-state index in [1.807, 2.05) is 43.1 Å². The first-order chi connectivity index (χ1) is 16.0. The van der Waals surface area contributed by atoms with Gasteiger partial charge in [0.25, 0.3) is 0 Å². The Morgan fingerprint density at radius 2 is 1.91 bits per heavy atom. The van der Waals surface area contributed by atoms with Crippen LogP contribution in [0.1, 0.15) is 64.4 Å². The molecule has 0 spiro atoms. The van der Waals surface area contributed by atoms with Gasteiger partial charge in [-0.25, -0.2) is 0 Å². The topological polar surface area (TPSA) is 62.3 Å². The van der Waals surface area contributed by atoms with E-state index in [9.17, 15) is 9.59 Å². The number of pyridine rings is 1. The molecule has 1 saturated heterocycles. The minimum absolute atomic E-state index is 0.0625. The van der Waals surface area contributed by atoms with E-state index in [4.69, 9.17) is 0 Å². The normalized spacial score (nSPS) is 21.4. The molecule has 1 atom stereocenters. The Labute approximate surface area is 198 Å². The van der Waals surface area contributed by atoms with Gasteiger partial charge < -0.3 is 10.2 Å². The first-order valence-corrected chi connectivity index (χ1v) is 12.5. The summed E-state index contributed by atoms with van der Waals surface area (Å²) in [5.41, 5.74) is 2.68. The minimum atomic E-state index is -0.619. The zero-order valence-corrected chi connectivity index (χ0v) is 20.1. The molecule has 5 nitrogen and oxygen atoms in total. The summed E-state index contributed by atoms with van der Waals surface area (Å²) in [6.07, 6.45) is 11.4. The van der Waals surface area contributed by atoms with Crippen LogP contribution in [-0.2, 0) is 16.0 Å². The van der Waals surface area contributed by atoms with Crippen LogP contribution in [-0.4, -0.2) is 40.8 Å². The summed E-state index contributed by atoms with van der Waals surface area (Å²) in [4.78, 5) is 33.1. The highest BCUT2D eigenvalue weighted by Crippen LogP contribution is 2.38. The third-order valence-electron chi connectivity index (χ3n) is 7.29. The van der Waals surface area contributed by atoms with Crippen molar-refractivity contribution in [1.29, 1.82) is 0 Å². The molecule has 2 aromatic rings. The molecule has 5 heteroatoms. The Morgan fingerprint density at radius 3 is 2.64 bits per heavy atom. The number of benzene rings is 1. The molecule has 176 valence electrons. The highest BCUT2D eigenvalue weighted by atomic mass is 16.2. The van der Waals surface area contributed by atoms with Crippen molar-refractivity contribution < 1.29 is 9.59 Å². The van der Waals surface area contributed by atoms with Crippen LogP contribution >= 0.6 is 0 Å². The maximum atomic E-state index is 13.6. The first kappa shape index (κ1) is 23.5. The van der Waals surface area contributed by atoms with Gasteiger partial charge in [0, 0.05) is 43.5 Å². The number of nitrogens with zero attached hydrogens (tertiary/aromatic N) is 2. The van der Waals surface area contributed by atoms with E-state index in [1.54, 1.807) is 6.20 Å². The zero-order valence-electron chi connectivity index (χ0n) is 20.1. The van der Waals surface area contributed by atoms with Gasteiger partial charge in [-0.1, -0.05) is 43.2 Å². The fourth-order valence-corrected chi connectivity index (χ4v) is 5.60. The van der Waals surface area contributed by atoms with Crippen LogP contribution in [0.15, 0.2) is 48.8 Å². The lowest BCUT2D eigenvalue weighted by Crippen LogP contribution is -2.55. The van der Waals surface area contributed by atoms with Crippen molar-refractivity contribution in [3.05, 3.63) is 54.4 Å². The number of hydrogen-bond acceptors (Lipinski definition) is 3. The molecule has 1 aromatic carbocycles. The van der Waals surface area contributed by atoms with Gasteiger partial charge in [-0.2, -0.15) is 0 Å². The van der Waals surface area contributed by atoms with Crippen molar-refractivity contribution >= 4 is 11.8 Å². The second kappa shape index (κ2) is 10.5. The lowest BCUT2D eigenvalue weighted by atomic mass is 9.73. The van der Waals surface area contributed by atoms with Crippen molar-refractivity contribution in [1.82, 2.24) is 15.2 Å². The summed E-state index contributed by atoms with van der Waals surface area (Å²) in [5.74, 6) is 0.811. The SMILES string of the molecule is CC(C)NC(=O)[C@]1(Cc2ccccc2-c2cccnc2)CCCN(C(=O)CC2CCCC2)C1. The molecule has 1 aromatic heterocycles. The van der Waals surface area contributed by atoms with Gasteiger partial charge in [0.05, 0.1) is 5.41 Å². The Bertz CT molecular complexity index is 953. The summed E-state index contributed by atoms with van der Waals surface area (Å²) in [7, 11) is 0. The van der Waals surface area contributed by atoms with Gasteiger partial charge >= 0.3 is 0 Å². The highest BCUT2D eigenvalue weighted by molar-refractivity contribution is 5.85. The molecule has 1 aliphatic carbocycles. The molecule has 0 unspecified atom stereocenters. The van der Waals surface area contributed by atoms with E-state index >= 15 is 0 Å². The van der Waals surface area contributed by atoms with E-state index in [-0.39, 0.29) is 17.9 Å². The van der Waals surface area contributed by atoms with Gasteiger partial charge in [-0.15, -0.1) is 0 Å². The van der Waals surface area contributed by atoms with E-state index < -0.39 is 5.41 Å². The third-order valence-corrected chi connectivity index (χ3v) is 7.29. The van der Waals surface area contributed by atoms with E-state index in [0.29, 0.717) is 25.3 Å². The number of carbonyl (C=O) groups is 2. The second-order valence-electron chi connectivity index (χ2n) is 10.3. The fourth-order valence-electron chi connectivity index (χ4n) is 5.60. The second-order valence-corrected chi connectivity index (χ2v) is 10.3. The maximum absolute atomic E-state index is 13.6. The number of amides is 2. The van der Waals surface area contributed by atoms with Crippen LogP contribution in [0.25, 0.3) is 11.1 Å². The number of aromatic nitrogens is 1. The van der Waals surface area contributed by atoms with Gasteiger partial charge in [-0.05, 0) is 69.1 Å². The van der Waals surface area contributed by atoms with E-state index in [1.165, 1.54) is 12.8 Å².